The quantitative estimate of drug-likeness (QED) is 0.414. The van der Waals surface area contributed by atoms with E-state index in [1.807, 2.05) is 24.3 Å². The number of carbonyl (C=O) groups excluding carboxylic acids is 1. The third-order valence-electron chi connectivity index (χ3n) is 2.34. The molecule has 0 fully saturated rings. The zero-order valence-corrected chi connectivity index (χ0v) is 11.0. The number of rotatable bonds is 8. The second kappa shape index (κ2) is 9.13. The molecule has 1 aromatic carbocycles. The van der Waals surface area contributed by atoms with Gasteiger partial charge in [-0.3, -0.25) is 0 Å². The van der Waals surface area contributed by atoms with Gasteiger partial charge in [0.2, 0.25) is 0 Å². The van der Waals surface area contributed by atoms with Crippen LogP contribution in [-0.4, -0.2) is 44.5 Å². The topological polar surface area (TPSA) is 67.8 Å². The maximum absolute atomic E-state index is 11.4. The van der Waals surface area contributed by atoms with Gasteiger partial charge in [0.05, 0.1) is 13.7 Å². The molecule has 0 unspecified atom stereocenters. The van der Waals surface area contributed by atoms with Crippen LogP contribution in [0.1, 0.15) is 5.56 Å². The van der Waals surface area contributed by atoms with Crippen molar-refractivity contribution in [3.05, 3.63) is 35.9 Å². The fraction of sp³-hybridized carbons (Fsp3) is 0.357. The second-order valence-corrected chi connectivity index (χ2v) is 3.75. The van der Waals surface area contributed by atoms with E-state index < -0.39 is 0 Å². The molecule has 19 heavy (non-hydrogen) atoms. The minimum atomic E-state index is -0.387. The normalized spacial score (nSPS) is 10.6. The average Bonchev–Trinajstić information content (AvgIpc) is 2.45. The Balaban J connectivity index is 2.28. The van der Waals surface area contributed by atoms with Crippen LogP contribution in [0.4, 0.5) is 0 Å². The fourth-order valence-corrected chi connectivity index (χ4v) is 1.36. The van der Waals surface area contributed by atoms with Crippen LogP contribution in [0.25, 0.3) is 6.08 Å². The minimum Gasteiger partial charge on any atom is -0.497 e. The first-order valence-corrected chi connectivity index (χ1v) is 6.06. The van der Waals surface area contributed by atoms with Crippen molar-refractivity contribution in [2.24, 2.45) is 0 Å². The Bertz CT molecular complexity index is 400. The highest BCUT2D eigenvalue weighted by Crippen LogP contribution is 2.12. The van der Waals surface area contributed by atoms with Crippen molar-refractivity contribution in [2.75, 3.05) is 33.4 Å². The van der Waals surface area contributed by atoms with Crippen molar-refractivity contribution < 1.29 is 19.4 Å². The summed E-state index contributed by atoms with van der Waals surface area (Å²) >= 11 is 0. The van der Waals surface area contributed by atoms with Crippen LogP contribution in [0, 0.1) is 0 Å². The predicted octanol–water partition coefficient (Wildman–Crippen LogP) is 0.833. The zero-order chi connectivity index (χ0) is 13.9. The molecule has 0 aliphatic heterocycles. The molecule has 0 atom stereocenters. The second-order valence-electron chi connectivity index (χ2n) is 3.75. The third-order valence-corrected chi connectivity index (χ3v) is 2.34. The highest BCUT2D eigenvalue weighted by atomic mass is 16.5. The van der Waals surface area contributed by atoms with Gasteiger partial charge in [-0.15, -0.1) is 0 Å². The van der Waals surface area contributed by atoms with Crippen LogP contribution in [0.5, 0.6) is 5.75 Å². The third kappa shape index (κ3) is 6.59. The minimum absolute atomic E-state index is 0.0747. The molecule has 0 spiro atoms. The van der Waals surface area contributed by atoms with Gasteiger partial charge in [-0.05, 0) is 23.8 Å². The van der Waals surface area contributed by atoms with Gasteiger partial charge in [0.25, 0.3) is 0 Å². The number of hydrogen-bond donors (Lipinski definition) is 2. The molecule has 2 N–H and O–H groups in total. The number of methoxy groups -OCH3 is 1. The lowest BCUT2D eigenvalue weighted by atomic mass is 10.2. The summed E-state index contributed by atoms with van der Waals surface area (Å²) in [4.78, 5) is 11.4. The highest BCUT2D eigenvalue weighted by molar-refractivity contribution is 5.87. The van der Waals surface area contributed by atoms with Crippen molar-refractivity contribution in [3.63, 3.8) is 0 Å². The lowest BCUT2D eigenvalue weighted by Gasteiger charge is -2.03. The average molecular weight is 265 g/mol. The van der Waals surface area contributed by atoms with Crippen LogP contribution in [0.2, 0.25) is 0 Å². The van der Waals surface area contributed by atoms with Gasteiger partial charge in [0.15, 0.2) is 0 Å². The van der Waals surface area contributed by atoms with Gasteiger partial charge >= 0.3 is 5.97 Å². The van der Waals surface area contributed by atoms with Gasteiger partial charge in [-0.25, -0.2) is 4.79 Å². The SMILES string of the molecule is COc1ccc(/C=C/C(=O)OCCNCCO)cc1. The van der Waals surface area contributed by atoms with Crippen molar-refractivity contribution in [1.29, 1.82) is 0 Å². The Hall–Kier alpha value is -1.85. The van der Waals surface area contributed by atoms with Crippen LogP contribution >= 0.6 is 0 Å². The summed E-state index contributed by atoms with van der Waals surface area (Å²) in [7, 11) is 1.60. The standard InChI is InChI=1S/C14H19NO4/c1-18-13-5-2-12(3-6-13)4-7-14(17)19-11-9-15-8-10-16/h2-7,15-16H,8-11H2,1H3/b7-4+. The number of benzene rings is 1. The van der Waals surface area contributed by atoms with E-state index in [-0.39, 0.29) is 19.2 Å². The van der Waals surface area contributed by atoms with E-state index in [1.165, 1.54) is 6.08 Å². The summed E-state index contributed by atoms with van der Waals surface area (Å²) in [5.41, 5.74) is 0.899. The number of hydrogen-bond acceptors (Lipinski definition) is 5. The van der Waals surface area contributed by atoms with Gasteiger partial charge in [-0.2, -0.15) is 0 Å². The Labute approximate surface area is 112 Å². The van der Waals surface area contributed by atoms with Gasteiger partial charge < -0.3 is 19.9 Å². The van der Waals surface area contributed by atoms with E-state index in [2.05, 4.69) is 5.32 Å². The Morgan fingerprint density at radius 1 is 1.32 bits per heavy atom. The molecule has 1 rings (SSSR count). The van der Waals surface area contributed by atoms with E-state index in [4.69, 9.17) is 14.6 Å². The number of nitrogens with one attached hydrogen (secondary N) is 1. The molecule has 0 bridgehead atoms. The van der Waals surface area contributed by atoms with Gasteiger partial charge in [-0.1, -0.05) is 12.1 Å². The van der Waals surface area contributed by atoms with Gasteiger partial charge in [0, 0.05) is 19.2 Å². The molecule has 0 radical (unpaired) electrons. The van der Waals surface area contributed by atoms with E-state index in [9.17, 15) is 4.79 Å². The lowest BCUT2D eigenvalue weighted by Crippen LogP contribution is -2.23. The smallest absolute Gasteiger partial charge is 0.330 e. The zero-order valence-electron chi connectivity index (χ0n) is 11.0. The molecule has 0 aromatic heterocycles. The van der Waals surface area contributed by atoms with Crippen LogP contribution in [-0.2, 0) is 9.53 Å². The molecule has 0 heterocycles. The lowest BCUT2D eigenvalue weighted by molar-refractivity contribution is -0.137. The van der Waals surface area contributed by atoms with Crippen molar-refractivity contribution in [1.82, 2.24) is 5.32 Å². The Kier molecular flexibility index (Phi) is 7.31. The predicted molar refractivity (Wildman–Crippen MR) is 72.9 cm³/mol. The summed E-state index contributed by atoms with van der Waals surface area (Å²) in [5, 5.41) is 11.4. The molecular weight excluding hydrogens is 246 g/mol. The summed E-state index contributed by atoms with van der Waals surface area (Å²) in [6.45, 7) is 1.39. The number of ether oxygens (including phenoxy) is 2. The molecule has 0 saturated carbocycles. The molecule has 0 saturated heterocycles. The summed E-state index contributed by atoms with van der Waals surface area (Å²) in [5.74, 6) is 0.385. The van der Waals surface area contributed by atoms with E-state index in [1.54, 1.807) is 13.2 Å². The Morgan fingerprint density at radius 2 is 2.05 bits per heavy atom. The highest BCUT2D eigenvalue weighted by Gasteiger charge is 1.97. The summed E-state index contributed by atoms with van der Waals surface area (Å²) < 4.78 is 10.0. The number of aliphatic hydroxyl groups excluding tert-OH is 1. The Morgan fingerprint density at radius 3 is 2.68 bits per heavy atom. The molecule has 5 nitrogen and oxygen atoms in total. The number of esters is 1. The largest absolute Gasteiger partial charge is 0.497 e. The molecule has 0 amide bonds. The molecule has 104 valence electrons. The monoisotopic (exact) mass is 265 g/mol. The van der Waals surface area contributed by atoms with Crippen molar-refractivity contribution in [2.45, 2.75) is 0 Å². The van der Waals surface area contributed by atoms with Crippen LogP contribution in [0.15, 0.2) is 30.3 Å². The van der Waals surface area contributed by atoms with Gasteiger partial charge in [0.1, 0.15) is 12.4 Å². The first-order valence-electron chi connectivity index (χ1n) is 6.06. The van der Waals surface area contributed by atoms with Crippen LogP contribution < -0.4 is 10.1 Å². The van der Waals surface area contributed by atoms with Crippen LogP contribution in [0.3, 0.4) is 0 Å². The fourth-order valence-electron chi connectivity index (χ4n) is 1.36. The molecule has 0 aliphatic carbocycles. The first kappa shape index (κ1) is 15.2. The van der Waals surface area contributed by atoms with E-state index in [0.717, 1.165) is 11.3 Å². The van der Waals surface area contributed by atoms with Crippen molar-refractivity contribution in [3.8, 4) is 5.75 Å². The maximum atomic E-state index is 11.4. The first-order chi connectivity index (χ1) is 9.26. The van der Waals surface area contributed by atoms with E-state index >= 15 is 0 Å². The molecule has 5 heteroatoms. The number of carbonyl (C=O) groups is 1. The van der Waals surface area contributed by atoms with Crippen molar-refractivity contribution >= 4 is 12.0 Å². The maximum Gasteiger partial charge on any atom is 0.330 e. The molecular formula is C14H19NO4. The molecule has 0 aliphatic rings. The molecule has 1 aromatic rings. The summed E-state index contributed by atoms with van der Waals surface area (Å²) in [6.07, 6.45) is 3.07. The number of aliphatic hydroxyl groups is 1. The van der Waals surface area contributed by atoms with E-state index in [0.29, 0.717) is 13.1 Å². The summed E-state index contributed by atoms with van der Waals surface area (Å²) in [6, 6.07) is 7.35.